The number of likely N-dealkylation sites (tertiary alicyclic amines) is 1. The highest BCUT2D eigenvalue weighted by Gasteiger charge is 2.31. The molecule has 1 aromatic carbocycles. The van der Waals surface area contributed by atoms with Crippen LogP contribution < -0.4 is 10.6 Å². The van der Waals surface area contributed by atoms with E-state index in [0.29, 0.717) is 30.8 Å². The van der Waals surface area contributed by atoms with Crippen molar-refractivity contribution in [1.29, 1.82) is 0 Å². The van der Waals surface area contributed by atoms with E-state index in [2.05, 4.69) is 26.9 Å². The van der Waals surface area contributed by atoms with Crippen molar-refractivity contribution in [3.8, 4) is 11.4 Å². The summed E-state index contributed by atoms with van der Waals surface area (Å²) in [4.78, 5) is 20.7. The van der Waals surface area contributed by atoms with Crippen LogP contribution in [0.3, 0.4) is 0 Å². The number of piperidine rings is 1. The topological polar surface area (TPSA) is 101 Å². The molecule has 0 aliphatic carbocycles. The van der Waals surface area contributed by atoms with Gasteiger partial charge < -0.3 is 20.5 Å². The number of thiophene rings is 1. The Bertz CT molecular complexity index is 1420. The van der Waals surface area contributed by atoms with Crippen LogP contribution in [-0.2, 0) is 11.3 Å². The Morgan fingerprint density at radius 1 is 1.08 bits per heavy atom. The van der Waals surface area contributed by atoms with Gasteiger partial charge in [0.2, 0.25) is 0 Å². The molecule has 9 heteroatoms. The molecule has 0 amide bonds. The van der Waals surface area contributed by atoms with Crippen LogP contribution >= 0.6 is 11.3 Å². The first kappa shape index (κ1) is 24.5. The Balaban J connectivity index is 1.37. The molecule has 0 saturated carbocycles. The number of hydrogen-bond acceptors (Lipinski definition) is 9. The van der Waals surface area contributed by atoms with E-state index in [9.17, 15) is 5.11 Å². The van der Waals surface area contributed by atoms with Gasteiger partial charge in [-0.2, -0.15) is 0 Å². The van der Waals surface area contributed by atoms with Crippen LogP contribution in [0.15, 0.2) is 36.5 Å². The lowest BCUT2D eigenvalue weighted by Crippen LogP contribution is -2.41. The number of nitrogens with zero attached hydrogens (tertiary/aromatic N) is 5. The molecule has 4 aromatic rings. The fourth-order valence-corrected chi connectivity index (χ4v) is 6.72. The highest BCUT2D eigenvalue weighted by Crippen LogP contribution is 2.37. The number of pyridine rings is 1. The first-order chi connectivity index (χ1) is 17.9. The molecule has 2 fully saturated rings. The van der Waals surface area contributed by atoms with Crippen molar-refractivity contribution >= 4 is 44.0 Å². The second-order valence-electron chi connectivity index (χ2n) is 10.7. The van der Waals surface area contributed by atoms with E-state index in [1.165, 1.54) is 4.88 Å². The van der Waals surface area contributed by atoms with Crippen molar-refractivity contribution in [2.45, 2.75) is 38.8 Å². The SMILES string of the molecule is CC(C)(O)C1CCN(Cc2cc3nc(-c4cnc(N)c5ccccc45)nc(N4CCOCC4)c3s2)CC1. The highest BCUT2D eigenvalue weighted by molar-refractivity contribution is 7.19. The number of morpholine rings is 1. The first-order valence-corrected chi connectivity index (χ1v) is 13.9. The maximum absolute atomic E-state index is 10.4. The van der Waals surface area contributed by atoms with E-state index < -0.39 is 5.60 Å². The molecular formula is C28H34N6O2S. The smallest absolute Gasteiger partial charge is 0.164 e. The Hall–Kier alpha value is -2.85. The highest BCUT2D eigenvalue weighted by atomic mass is 32.1. The average molecular weight is 519 g/mol. The normalized spacial score (nSPS) is 18.2. The van der Waals surface area contributed by atoms with Crippen molar-refractivity contribution < 1.29 is 9.84 Å². The van der Waals surface area contributed by atoms with Gasteiger partial charge in [0.25, 0.3) is 0 Å². The summed E-state index contributed by atoms with van der Waals surface area (Å²) in [7, 11) is 0. The van der Waals surface area contributed by atoms with E-state index in [-0.39, 0.29) is 0 Å². The number of nitrogens with two attached hydrogens (primary N) is 1. The molecule has 2 aliphatic rings. The minimum Gasteiger partial charge on any atom is -0.390 e. The average Bonchev–Trinajstić information content (AvgIpc) is 3.31. The summed E-state index contributed by atoms with van der Waals surface area (Å²) in [6.07, 6.45) is 3.84. The third kappa shape index (κ3) is 4.88. The molecule has 6 rings (SSSR count). The Kier molecular flexibility index (Phi) is 6.48. The number of aromatic nitrogens is 3. The number of anilines is 2. The lowest BCUT2D eigenvalue weighted by atomic mass is 9.83. The molecule has 0 unspecified atom stereocenters. The van der Waals surface area contributed by atoms with Crippen LogP contribution in [0, 0.1) is 5.92 Å². The van der Waals surface area contributed by atoms with Gasteiger partial charge in [-0.15, -0.1) is 11.3 Å². The summed E-state index contributed by atoms with van der Waals surface area (Å²) >= 11 is 1.79. The maximum atomic E-state index is 10.4. The molecule has 0 radical (unpaired) electrons. The molecule has 2 saturated heterocycles. The van der Waals surface area contributed by atoms with Gasteiger partial charge in [-0.05, 0) is 57.1 Å². The summed E-state index contributed by atoms with van der Waals surface area (Å²) in [5.74, 6) is 2.52. The number of benzene rings is 1. The third-order valence-corrected chi connectivity index (χ3v) is 8.85. The van der Waals surface area contributed by atoms with Crippen molar-refractivity contribution in [1.82, 2.24) is 19.9 Å². The van der Waals surface area contributed by atoms with Crippen LogP contribution in [-0.4, -0.2) is 70.0 Å². The Labute approximate surface area is 221 Å². The number of nitrogen functional groups attached to an aromatic ring is 1. The fourth-order valence-electron chi connectivity index (χ4n) is 5.56. The largest absolute Gasteiger partial charge is 0.390 e. The van der Waals surface area contributed by atoms with Gasteiger partial charge in [0, 0.05) is 41.7 Å². The summed E-state index contributed by atoms with van der Waals surface area (Å²) in [6.45, 7) is 9.77. The standard InChI is InChI=1S/C28H34N6O2S/c1-28(2,35)18-7-9-33(10-8-18)17-19-15-23-24(37-19)27(34-11-13-36-14-12-34)32-26(31-23)22-16-30-25(29)21-6-4-3-5-20(21)22/h3-6,15-16,18,35H,7-14,17H2,1-2H3,(H2,29,30). The van der Waals surface area contributed by atoms with Crippen LogP contribution in [0.4, 0.5) is 11.6 Å². The number of fused-ring (bicyclic) bond motifs is 2. The zero-order chi connectivity index (χ0) is 25.6. The summed E-state index contributed by atoms with van der Waals surface area (Å²) < 4.78 is 6.75. The van der Waals surface area contributed by atoms with Gasteiger partial charge in [-0.1, -0.05) is 24.3 Å². The minimum absolute atomic E-state index is 0.357. The van der Waals surface area contributed by atoms with Gasteiger partial charge in [0.1, 0.15) is 5.82 Å². The van der Waals surface area contributed by atoms with E-state index >= 15 is 0 Å². The minimum atomic E-state index is -0.607. The van der Waals surface area contributed by atoms with Gasteiger partial charge >= 0.3 is 0 Å². The van der Waals surface area contributed by atoms with Crippen LogP contribution in [0.2, 0.25) is 0 Å². The Morgan fingerprint density at radius 2 is 1.81 bits per heavy atom. The summed E-state index contributed by atoms with van der Waals surface area (Å²) in [5, 5.41) is 12.3. The van der Waals surface area contributed by atoms with E-state index in [1.807, 2.05) is 32.0 Å². The maximum Gasteiger partial charge on any atom is 0.164 e. The third-order valence-electron chi connectivity index (χ3n) is 7.75. The van der Waals surface area contributed by atoms with Crippen molar-refractivity contribution in [2.24, 2.45) is 5.92 Å². The lowest BCUT2D eigenvalue weighted by Gasteiger charge is -2.37. The monoisotopic (exact) mass is 518 g/mol. The van der Waals surface area contributed by atoms with E-state index in [0.717, 1.165) is 77.9 Å². The van der Waals surface area contributed by atoms with Gasteiger partial charge in [0.15, 0.2) is 11.6 Å². The van der Waals surface area contributed by atoms with Gasteiger partial charge in [-0.3, -0.25) is 4.90 Å². The Morgan fingerprint density at radius 3 is 2.54 bits per heavy atom. The first-order valence-electron chi connectivity index (χ1n) is 13.1. The van der Waals surface area contributed by atoms with Crippen LogP contribution in [0.5, 0.6) is 0 Å². The zero-order valence-electron chi connectivity index (χ0n) is 21.5. The molecule has 8 nitrogen and oxygen atoms in total. The summed E-state index contributed by atoms with van der Waals surface area (Å²) in [6, 6.07) is 10.3. The van der Waals surface area contributed by atoms with Crippen molar-refractivity contribution in [2.75, 3.05) is 50.0 Å². The molecule has 3 aromatic heterocycles. The number of rotatable bonds is 5. The zero-order valence-corrected chi connectivity index (χ0v) is 22.3. The van der Waals surface area contributed by atoms with Crippen molar-refractivity contribution in [3.05, 3.63) is 41.4 Å². The lowest BCUT2D eigenvalue weighted by molar-refractivity contribution is -0.0134. The van der Waals surface area contributed by atoms with Crippen LogP contribution in [0.1, 0.15) is 31.6 Å². The predicted molar refractivity (Wildman–Crippen MR) is 150 cm³/mol. The number of aliphatic hydroxyl groups is 1. The van der Waals surface area contributed by atoms with Gasteiger partial charge in [0.05, 0.1) is 29.0 Å². The van der Waals surface area contributed by atoms with Crippen molar-refractivity contribution in [3.63, 3.8) is 0 Å². The molecular weight excluding hydrogens is 484 g/mol. The second-order valence-corrected chi connectivity index (χ2v) is 11.8. The molecule has 0 spiro atoms. The molecule has 2 aliphatic heterocycles. The van der Waals surface area contributed by atoms with E-state index in [4.69, 9.17) is 20.4 Å². The van der Waals surface area contributed by atoms with Crippen LogP contribution in [0.25, 0.3) is 32.4 Å². The van der Waals surface area contributed by atoms with E-state index in [1.54, 1.807) is 17.5 Å². The second kappa shape index (κ2) is 9.79. The fraction of sp³-hybridized carbons (Fsp3) is 0.464. The summed E-state index contributed by atoms with van der Waals surface area (Å²) in [5.41, 5.74) is 7.43. The molecule has 37 heavy (non-hydrogen) atoms. The van der Waals surface area contributed by atoms with Gasteiger partial charge in [-0.25, -0.2) is 15.0 Å². The molecule has 3 N–H and O–H groups in total. The molecule has 0 bridgehead atoms. The molecule has 5 heterocycles. The number of hydrogen-bond donors (Lipinski definition) is 2. The quantitative estimate of drug-likeness (QED) is 0.403. The predicted octanol–water partition coefficient (Wildman–Crippen LogP) is 4.31. The molecule has 0 atom stereocenters. The number of ether oxygens (including phenoxy) is 1. The molecule has 194 valence electrons.